The number of carbonyl (C=O) groups is 1. The predicted molar refractivity (Wildman–Crippen MR) is 119 cm³/mol. The van der Waals surface area contributed by atoms with Crippen molar-refractivity contribution in [2.75, 3.05) is 0 Å². The van der Waals surface area contributed by atoms with Gasteiger partial charge in [0.2, 0.25) is 0 Å². The summed E-state index contributed by atoms with van der Waals surface area (Å²) < 4.78 is 0. The van der Waals surface area contributed by atoms with Crippen LogP contribution in [-0.2, 0) is 0 Å². The molecule has 0 aliphatic carbocycles. The van der Waals surface area contributed by atoms with Crippen molar-refractivity contribution in [3.63, 3.8) is 0 Å². The van der Waals surface area contributed by atoms with E-state index in [-0.39, 0.29) is 11.5 Å². The van der Waals surface area contributed by atoms with E-state index in [0.717, 1.165) is 10.8 Å². The molecule has 0 fully saturated rings. The Hall–Kier alpha value is -3.14. The number of fused-ring (bicyclic) bond motifs is 1. The summed E-state index contributed by atoms with van der Waals surface area (Å²) in [6, 6.07) is 22.9. The lowest BCUT2D eigenvalue weighted by Gasteiger charge is -2.08. The molecule has 0 aliphatic rings. The zero-order valence-electron chi connectivity index (χ0n) is 15.1. The van der Waals surface area contributed by atoms with E-state index in [1.165, 1.54) is 0 Å². The molecule has 4 aromatic carbocycles. The summed E-state index contributed by atoms with van der Waals surface area (Å²) >= 11 is 12.3. The Labute approximate surface area is 177 Å². The van der Waals surface area contributed by atoms with Gasteiger partial charge >= 0.3 is 0 Å². The fourth-order valence-electron chi connectivity index (χ4n) is 3.15. The van der Waals surface area contributed by atoms with Crippen LogP contribution in [0.5, 0.6) is 5.75 Å². The average Bonchev–Trinajstić information content (AvgIpc) is 2.73. The third kappa shape index (κ3) is 3.88. The molecular formula is C24H15Cl2NO2. The van der Waals surface area contributed by atoms with Crippen molar-refractivity contribution in [1.29, 1.82) is 0 Å². The van der Waals surface area contributed by atoms with Gasteiger partial charge in [-0.15, -0.1) is 0 Å². The molecule has 0 saturated carbocycles. The lowest BCUT2D eigenvalue weighted by molar-refractivity contribution is 0.103. The van der Waals surface area contributed by atoms with Crippen LogP contribution in [0.4, 0.5) is 5.69 Å². The van der Waals surface area contributed by atoms with Crippen molar-refractivity contribution in [2.45, 2.75) is 0 Å². The van der Waals surface area contributed by atoms with E-state index in [9.17, 15) is 9.90 Å². The molecule has 0 heterocycles. The van der Waals surface area contributed by atoms with Crippen LogP contribution in [-0.4, -0.2) is 17.1 Å². The van der Waals surface area contributed by atoms with E-state index < -0.39 is 0 Å². The normalized spacial score (nSPS) is 11.2. The number of hydrogen-bond acceptors (Lipinski definition) is 3. The summed E-state index contributed by atoms with van der Waals surface area (Å²) in [5, 5.41) is 13.0. The van der Waals surface area contributed by atoms with E-state index in [4.69, 9.17) is 23.2 Å². The molecule has 29 heavy (non-hydrogen) atoms. The summed E-state index contributed by atoms with van der Waals surface area (Å²) in [5.41, 5.74) is 1.73. The molecule has 0 atom stereocenters. The number of ketones is 1. The van der Waals surface area contributed by atoms with Crippen molar-refractivity contribution in [3.05, 3.63) is 106 Å². The van der Waals surface area contributed by atoms with Gasteiger partial charge in [-0.3, -0.25) is 9.79 Å². The van der Waals surface area contributed by atoms with E-state index in [0.29, 0.717) is 32.4 Å². The van der Waals surface area contributed by atoms with Crippen LogP contribution in [0.25, 0.3) is 10.8 Å². The van der Waals surface area contributed by atoms with Gasteiger partial charge in [-0.05, 0) is 47.2 Å². The Kier molecular flexibility index (Phi) is 5.34. The van der Waals surface area contributed by atoms with Crippen molar-refractivity contribution in [2.24, 2.45) is 4.99 Å². The Morgan fingerprint density at radius 2 is 1.62 bits per heavy atom. The first-order valence-corrected chi connectivity index (χ1v) is 9.64. The van der Waals surface area contributed by atoms with E-state index in [1.54, 1.807) is 54.7 Å². The molecule has 3 nitrogen and oxygen atoms in total. The molecule has 142 valence electrons. The monoisotopic (exact) mass is 419 g/mol. The van der Waals surface area contributed by atoms with Crippen LogP contribution in [0.2, 0.25) is 10.0 Å². The maximum atomic E-state index is 13.1. The number of rotatable bonds is 4. The first-order chi connectivity index (χ1) is 14.0. The van der Waals surface area contributed by atoms with Gasteiger partial charge in [0.15, 0.2) is 5.78 Å². The molecule has 0 bridgehead atoms. The molecule has 4 rings (SSSR count). The molecule has 0 amide bonds. The topological polar surface area (TPSA) is 49.7 Å². The van der Waals surface area contributed by atoms with Crippen LogP contribution < -0.4 is 0 Å². The van der Waals surface area contributed by atoms with Crippen LogP contribution in [0.1, 0.15) is 21.5 Å². The first-order valence-electron chi connectivity index (χ1n) is 8.88. The SMILES string of the molecule is O=C(c1ccccc1Cl)c1cc(Cl)ccc1N=Cc1c(O)ccc2ccccc12. The lowest BCUT2D eigenvalue weighted by atomic mass is 10.0. The molecule has 0 unspecified atom stereocenters. The second-order valence-electron chi connectivity index (χ2n) is 6.45. The van der Waals surface area contributed by atoms with Crippen LogP contribution >= 0.6 is 23.2 Å². The van der Waals surface area contributed by atoms with Gasteiger partial charge in [-0.25, -0.2) is 0 Å². The standard InChI is InChI=1S/C24H15Cl2NO2/c25-16-10-11-22(19(13-16)24(29)18-7-3-4-8-21(18)26)27-14-20-17-6-2-1-5-15(17)9-12-23(20)28/h1-14,28H. The molecule has 0 radical (unpaired) electrons. The number of benzene rings is 4. The lowest BCUT2D eigenvalue weighted by Crippen LogP contribution is -2.02. The average molecular weight is 420 g/mol. The molecule has 0 aromatic heterocycles. The van der Waals surface area contributed by atoms with Gasteiger partial charge in [-0.1, -0.05) is 65.7 Å². The number of aliphatic imine (C=N–C) groups is 1. The summed E-state index contributed by atoms with van der Waals surface area (Å²) in [6.45, 7) is 0. The second kappa shape index (κ2) is 8.08. The fourth-order valence-corrected chi connectivity index (χ4v) is 3.54. The minimum Gasteiger partial charge on any atom is -0.507 e. The largest absolute Gasteiger partial charge is 0.507 e. The zero-order chi connectivity index (χ0) is 20.4. The van der Waals surface area contributed by atoms with Crippen molar-refractivity contribution < 1.29 is 9.90 Å². The molecule has 5 heteroatoms. The number of aromatic hydroxyl groups is 1. The minimum absolute atomic E-state index is 0.111. The molecule has 0 spiro atoms. The summed E-state index contributed by atoms with van der Waals surface area (Å²) in [7, 11) is 0. The molecular weight excluding hydrogens is 405 g/mol. The summed E-state index contributed by atoms with van der Waals surface area (Å²) in [6.07, 6.45) is 1.56. The zero-order valence-corrected chi connectivity index (χ0v) is 16.7. The first kappa shape index (κ1) is 19.2. The highest BCUT2D eigenvalue weighted by Gasteiger charge is 2.17. The van der Waals surface area contributed by atoms with Crippen molar-refractivity contribution in [3.8, 4) is 5.75 Å². The summed E-state index contributed by atoms with van der Waals surface area (Å²) in [5.74, 6) is -0.159. The molecule has 4 aromatic rings. The predicted octanol–water partition coefficient (Wildman–Crippen LogP) is 6.83. The third-order valence-electron chi connectivity index (χ3n) is 4.60. The maximum absolute atomic E-state index is 13.1. The Morgan fingerprint density at radius 1 is 0.862 bits per heavy atom. The van der Waals surface area contributed by atoms with E-state index >= 15 is 0 Å². The number of nitrogens with zero attached hydrogens (tertiary/aromatic N) is 1. The Morgan fingerprint density at radius 3 is 2.45 bits per heavy atom. The maximum Gasteiger partial charge on any atom is 0.196 e. The molecule has 0 saturated heterocycles. The molecule has 1 N–H and O–H groups in total. The Balaban J connectivity index is 1.81. The summed E-state index contributed by atoms with van der Waals surface area (Å²) in [4.78, 5) is 17.6. The van der Waals surface area contributed by atoms with E-state index in [1.807, 2.05) is 30.3 Å². The van der Waals surface area contributed by atoms with Gasteiger partial charge in [0.25, 0.3) is 0 Å². The third-order valence-corrected chi connectivity index (χ3v) is 5.17. The minimum atomic E-state index is -0.271. The van der Waals surface area contributed by atoms with Gasteiger partial charge in [0.05, 0.1) is 10.7 Å². The van der Waals surface area contributed by atoms with E-state index in [2.05, 4.69) is 4.99 Å². The highest BCUT2D eigenvalue weighted by molar-refractivity contribution is 6.35. The van der Waals surface area contributed by atoms with Crippen LogP contribution in [0, 0.1) is 0 Å². The fraction of sp³-hybridized carbons (Fsp3) is 0. The second-order valence-corrected chi connectivity index (χ2v) is 7.29. The van der Waals surface area contributed by atoms with Crippen LogP contribution in [0.3, 0.4) is 0 Å². The van der Waals surface area contributed by atoms with Gasteiger partial charge in [0.1, 0.15) is 5.75 Å². The Bertz CT molecular complexity index is 1260. The number of phenols is 1. The number of hydrogen-bond donors (Lipinski definition) is 1. The number of halogens is 2. The number of phenolic OH excluding ortho intramolecular Hbond substituents is 1. The quantitative estimate of drug-likeness (QED) is 0.291. The molecule has 0 aliphatic heterocycles. The number of carbonyl (C=O) groups excluding carboxylic acids is 1. The van der Waals surface area contributed by atoms with Gasteiger partial charge in [0, 0.05) is 27.9 Å². The van der Waals surface area contributed by atoms with Gasteiger partial charge in [-0.2, -0.15) is 0 Å². The van der Waals surface area contributed by atoms with Gasteiger partial charge < -0.3 is 5.11 Å². The van der Waals surface area contributed by atoms with Crippen molar-refractivity contribution >= 4 is 51.7 Å². The van der Waals surface area contributed by atoms with Crippen LogP contribution in [0.15, 0.2) is 83.9 Å². The highest BCUT2D eigenvalue weighted by atomic mass is 35.5. The van der Waals surface area contributed by atoms with Crippen molar-refractivity contribution in [1.82, 2.24) is 0 Å². The smallest absolute Gasteiger partial charge is 0.196 e. The highest BCUT2D eigenvalue weighted by Crippen LogP contribution is 2.30.